The Bertz CT molecular complexity index is 619. The number of hydrogen-bond acceptors (Lipinski definition) is 5. The van der Waals surface area contributed by atoms with Crippen LogP contribution in [0.25, 0.3) is 10.9 Å². The number of benzene rings is 1. The van der Waals surface area contributed by atoms with Crippen molar-refractivity contribution >= 4 is 28.6 Å². The molecule has 4 nitrogen and oxygen atoms in total. The van der Waals surface area contributed by atoms with Gasteiger partial charge in [0.2, 0.25) is 0 Å². The third-order valence-electron chi connectivity index (χ3n) is 2.53. The van der Waals surface area contributed by atoms with Crippen LogP contribution in [0.5, 0.6) is 5.75 Å². The molecule has 2 rings (SSSR count). The Hall–Kier alpha value is -0.114. The molecule has 1 aromatic heterocycles. The van der Waals surface area contributed by atoms with E-state index in [2.05, 4.69) is 4.98 Å². The maximum atomic E-state index is 10.6. The molecule has 0 N–H and O–H groups in total. The number of hydrogen-bond donors (Lipinski definition) is 0. The van der Waals surface area contributed by atoms with Gasteiger partial charge < -0.3 is 14.6 Å². The van der Waals surface area contributed by atoms with E-state index >= 15 is 0 Å². The Morgan fingerprint density at radius 2 is 2.15 bits per heavy atom. The third kappa shape index (κ3) is 4.72. The minimum atomic E-state index is -1.08. The van der Waals surface area contributed by atoms with Crippen molar-refractivity contribution in [2.45, 2.75) is 18.7 Å². The van der Waals surface area contributed by atoms with Gasteiger partial charge in [-0.25, -0.2) is 0 Å². The van der Waals surface area contributed by atoms with Crippen molar-refractivity contribution < 1.29 is 66.0 Å². The minimum absolute atomic E-state index is 0. The Labute approximate surface area is 164 Å². The van der Waals surface area contributed by atoms with Crippen LogP contribution in [0.15, 0.2) is 29.2 Å². The van der Waals surface area contributed by atoms with Crippen LogP contribution in [0.1, 0.15) is 12.6 Å². The van der Waals surface area contributed by atoms with Gasteiger partial charge in [-0.15, -0.1) is 11.8 Å². The fraction of sp³-hybridized carbons (Fsp3) is 0.286. The summed E-state index contributed by atoms with van der Waals surface area (Å²) in [5, 5.41) is 11.5. The number of carbonyl (C=O) groups excluding carboxylic acids is 1. The molecule has 2 aromatic rings. The molecule has 20 heavy (non-hydrogen) atoms. The minimum Gasteiger partial charge on any atom is -0.549 e. The number of rotatable bonds is 5. The van der Waals surface area contributed by atoms with E-state index in [9.17, 15) is 9.90 Å². The molecule has 0 aliphatic rings. The number of pyridine rings is 1. The summed E-state index contributed by atoms with van der Waals surface area (Å²) in [4.78, 5) is 15.9. The maximum absolute atomic E-state index is 10.6. The zero-order chi connectivity index (χ0) is 13.8. The van der Waals surface area contributed by atoms with Gasteiger partial charge >= 0.3 is 51.4 Å². The fourth-order valence-corrected chi connectivity index (χ4v) is 2.66. The molecule has 1 aromatic carbocycles. The molecule has 0 saturated heterocycles. The molecule has 0 aliphatic heterocycles. The van der Waals surface area contributed by atoms with E-state index in [0.717, 1.165) is 27.2 Å². The molecule has 0 amide bonds. The molecule has 0 spiro atoms. The molecular formula is C14H14KNO3S. The largest absolute Gasteiger partial charge is 1.00 e. The van der Waals surface area contributed by atoms with Crippen LogP contribution in [0.3, 0.4) is 0 Å². The standard InChI is InChI=1S/C14H15NO3S.K/c1-3-18-10-4-5-12-11(7-10)13(6-9(2)15-12)19-8-14(16)17;/h4-7H,3,8H2,1-2H3,(H,16,17);/q;+1/p-1. The first-order valence-corrected chi connectivity index (χ1v) is 6.95. The van der Waals surface area contributed by atoms with Gasteiger partial charge in [0.1, 0.15) is 5.75 Å². The van der Waals surface area contributed by atoms with Crippen molar-refractivity contribution in [3.8, 4) is 5.75 Å². The zero-order valence-corrected chi connectivity index (χ0v) is 15.7. The van der Waals surface area contributed by atoms with Crippen LogP contribution in [-0.4, -0.2) is 23.3 Å². The number of ether oxygens (including phenoxy) is 1. The van der Waals surface area contributed by atoms with Gasteiger partial charge in [0, 0.05) is 21.7 Å². The average molecular weight is 315 g/mol. The molecule has 0 aliphatic carbocycles. The van der Waals surface area contributed by atoms with Crippen molar-refractivity contribution in [2.75, 3.05) is 12.4 Å². The van der Waals surface area contributed by atoms with Crippen LogP contribution in [-0.2, 0) is 4.79 Å². The van der Waals surface area contributed by atoms with Gasteiger partial charge in [0.25, 0.3) is 0 Å². The van der Waals surface area contributed by atoms with E-state index in [-0.39, 0.29) is 57.1 Å². The third-order valence-corrected chi connectivity index (χ3v) is 3.56. The Balaban J connectivity index is 0.00000200. The van der Waals surface area contributed by atoms with Crippen molar-refractivity contribution in [3.05, 3.63) is 30.0 Å². The van der Waals surface area contributed by atoms with E-state index in [0.29, 0.717) is 6.61 Å². The number of carboxylic acids is 1. The summed E-state index contributed by atoms with van der Waals surface area (Å²) in [7, 11) is 0. The van der Waals surface area contributed by atoms with Crippen molar-refractivity contribution in [3.63, 3.8) is 0 Å². The normalized spacial score (nSPS) is 10.1. The Morgan fingerprint density at radius 1 is 1.40 bits per heavy atom. The number of aliphatic carboxylic acids is 1. The molecule has 0 bridgehead atoms. The molecule has 0 atom stereocenters. The van der Waals surface area contributed by atoms with Crippen molar-refractivity contribution in [1.82, 2.24) is 4.98 Å². The fourth-order valence-electron chi connectivity index (χ4n) is 1.81. The first-order chi connectivity index (χ1) is 9.10. The van der Waals surface area contributed by atoms with E-state index in [1.807, 2.05) is 38.1 Å². The van der Waals surface area contributed by atoms with Gasteiger partial charge in [-0.05, 0) is 38.1 Å². The molecule has 100 valence electrons. The van der Waals surface area contributed by atoms with E-state index in [1.165, 1.54) is 11.8 Å². The number of carboxylic acid groups (broad SMARTS) is 1. The second-order valence-corrected chi connectivity index (χ2v) is 5.05. The molecule has 6 heteroatoms. The second-order valence-electron chi connectivity index (χ2n) is 4.03. The molecular weight excluding hydrogens is 301 g/mol. The van der Waals surface area contributed by atoms with Crippen LogP contribution >= 0.6 is 11.8 Å². The van der Waals surface area contributed by atoms with Crippen LogP contribution in [0.4, 0.5) is 0 Å². The van der Waals surface area contributed by atoms with E-state index < -0.39 is 5.97 Å². The Kier molecular flexibility index (Phi) is 7.50. The van der Waals surface area contributed by atoms with E-state index in [1.54, 1.807) is 0 Å². The topological polar surface area (TPSA) is 62.2 Å². The summed E-state index contributed by atoms with van der Waals surface area (Å²) in [5.74, 6) is -0.387. The van der Waals surface area contributed by atoms with Crippen LogP contribution in [0.2, 0.25) is 0 Å². The summed E-state index contributed by atoms with van der Waals surface area (Å²) in [5.41, 5.74) is 1.70. The van der Waals surface area contributed by atoms with Crippen LogP contribution in [0, 0.1) is 6.92 Å². The van der Waals surface area contributed by atoms with Gasteiger partial charge in [-0.1, -0.05) is 0 Å². The number of aryl methyl sites for hydroxylation is 1. The number of thioether (sulfide) groups is 1. The number of carbonyl (C=O) groups is 1. The zero-order valence-electron chi connectivity index (χ0n) is 11.8. The quantitative estimate of drug-likeness (QED) is 0.512. The maximum Gasteiger partial charge on any atom is 1.00 e. The average Bonchev–Trinajstić information content (AvgIpc) is 2.36. The predicted molar refractivity (Wildman–Crippen MR) is 73.4 cm³/mol. The first-order valence-electron chi connectivity index (χ1n) is 5.97. The summed E-state index contributed by atoms with van der Waals surface area (Å²) in [6, 6.07) is 7.52. The molecule has 0 unspecified atom stereocenters. The van der Waals surface area contributed by atoms with E-state index in [4.69, 9.17) is 4.74 Å². The first kappa shape index (κ1) is 17.9. The summed E-state index contributed by atoms with van der Waals surface area (Å²) in [6.45, 7) is 4.40. The van der Waals surface area contributed by atoms with Crippen molar-refractivity contribution in [1.29, 1.82) is 0 Å². The molecule has 0 radical (unpaired) electrons. The van der Waals surface area contributed by atoms with Gasteiger partial charge in [-0.2, -0.15) is 0 Å². The summed E-state index contributed by atoms with van der Waals surface area (Å²) < 4.78 is 5.46. The summed E-state index contributed by atoms with van der Waals surface area (Å²) >= 11 is 1.24. The molecule has 0 fully saturated rings. The van der Waals surface area contributed by atoms with Gasteiger partial charge in [0.15, 0.2) is 0 Å². The van der Waals surface area contributed by atoms with Gasteiger partial charge in [-0.3, -0.25) is 4.98 Å². The monoisotopic (exact) mass is 315 g/mol. The number of nitrogens with zero attached hydrogens (tertiary/aromatic N) is 1. The summed E-state index contributed by atoms with van der Waals surface area (Å²) in [6.07, 6.45) is 0. The van der Waals surface area contributed by atoms with Crippen LogP contribution < -0.4 is 61.2 Å². The van der Waals surface area contributed by atoms with Gasteiger partial charge in [0.05, 0.1) is 18.1 Å². The number of fused-ring (bicyclic) bond motifs is 1. The molecule has 1 heterocycles. The predicted octanol–water partition coefficient (Wildman–Crippen LogP) is -1.21. The smallest absolute Gasteiger partial charge is 0.549 e. The van der Waals surface area contributed by atoms with Crippen molar-refractivity contribution in [2.24, 2.45) is 0 Å². The second kappa shape index (κ2) is 8.36. The molecule has 0 saturated carbocycles. The Morgan fingerprint density at radius 3 is 2.80 bits per heavy atom. The number of aromatic nitrogens is 1. The SMILES string of the molecule is CCOc1ccc2nc(C)cc(SCC(=O)[O-])c2c1.[K+].